The fourth-order valence-electron chi connectivity index (χ4n) is 2.73. The van der Waals surface area contributed by atoms with Gasteiger partial charge in [0, 0.05) is 19.3 Å². The summed E-state index contributed by atoms with van der Waals surface area (Å²) in [4.78, 5) is 17.1. The van der Waals surface area contributed by atoms with E-state index in [2.05, 4.69) is 4.98 Å². The lowest BCUT2D eigenvalue weighted by molar-refractivity contribution is 0.0302. The number of carboxylic acids is 1. The Bertz CT molecular complexity index is 555. The molecular formula is C13H13N3O3. The van der Waals surface area contributed by atoms with E-state index in [9.17, 15) is 9.90 Å². The van der Waals surface area contributed by atoms with Crippen molar-refractivity contribution >= 4 is 11.7 Å². The van der Waals surface area contributed by atoms with E-state index in [0.717, 1.165) is 12.8 Å². The molecule has 1 N–H and O–H groups in total. The van der Waals surface area contributed by atoms with E-state index in [1.807, 2.05) is 11.0 Å². The number of nitriles is 1. The first-order valence-corrected chi connectivity index (χ1v) is 6.21. The Balaban J connectivity index is 1.98. The zero-order chi connectivity index (χ0) is 13.4. The number of morpholine rings is 1. The normalized spacial score (nSPS) is 25.1. The van der Waals surface area contributed by atoms with Gasteiger partial charge in [0.25, 0.3) is 0 Å². The third kappa shape index (κ3) is 2.13. The number of hydrogen-bond donors (Lipinski definition) is 1. The summed E-state index contributed by atoms with van der Waals surface area (Å²) in [5.41, 5.74) is 0.894. The molecule has 6 nitrogen and oxygen atoms in total. The van der Waals surface area contributed by atoms with Gasteiger partial charge in [0.2, 0.25) is 0 Å². The van der Waals surface area contributed by atoms with Crippen LogP contribution in [0.25, 0.3) is 0 Å². The highest BCUT2D eigenvalue weighted by molar-refractivity contribution is 5.92. The number of hydrogen-bond acceptors (Lipinski definition) is 5. The number of fused-ring (bicyclic) bond motifs is 2. The van der Waals surface area contributed by atoms with Gasteiger partial charge >= 0.3 is 5.97 Å². The summed E-state index contributed by atoms with van der Waals surface area (Å²) >= 11 is 0. The zero-order valence-corrected chi connectivity index (χ0v) is 10.2. The van der Waals surface area contributed by atoms with Crippen LogP contribution < -0.4 is 4.90 Å². The second-order valence-corrected chi connectivity index (χ2v) is 4.87. The van der Waals surface area contributed by atoms with Crippen LogP contribution >= 0.6 is 0 Å². The van der Waals surface area contributed by atoms with E-state index >= 15 is 0 Å². The second kappa shape index (κ2) is 4.52. The third-order valence-electron chi connectivity index (χ3n) is 3.58. The van der Waals surface area contributed by atoms with Crippen LogP contribution in [0, 0.1) is 11.3 Å². The minimum absolute atomic E-state index is 0.000278. The molecule has 0 aliphatic carbocycles. The molecule has 2 aliphatic rings. The summed E-state index contributed by atoms with van der Waals surface area (Å²) < 4.78 is 5.73. The molecule has 1 aromatic heterocycles. The highest BCUT2D eigenvalue weighted by atomic mass is 16.5. The second-order valence-electron chi connectivity index (χ2n) is 4.87. The van der Waals surface area contributed by atoms with Crippen LogP contribution in [0.2, 0.25) is 0 Å². The monoisotopic (exact) mass is 259 g/mol. The number of aromatic carboxylic acids is 1. The van der Waals surface area contributed by atoms with E-state index < -0.39 is 5.97 Å². The van der Waals surface area contributed by atoms with Crippen molar-refractivity contribution in [2.75, 3.05) is 18.0 Å². The SMILES string of the molecule is N#Cc1cnc(C(=O)O)c(N2CC3CCC(C2)O3)c1. The van der Waals surface area contributed by atoms with Gasteiger partial charge in [-0.05, 0) is 18.9 Å². The van der Waals surface area contributed by atoms with Crippen molar-refractivity contribution in [2.45, 2.75) is 25.0 Å². The molecule has 98 valence electrons. The predicted octanol–water partition coefficient (Wildman–Crippen LogP) is 1.02. The van der Waals surface area contributed by atoms with Crippen LogP contribution in [-0.4, -0.2) is 41.4 Å². The van der Waals surface area contributed by atoms with Crippen molar-refractivity contribution in [2.24, 2.45) is 0 Å². The van der Waals surface area contributed by atoms with Gasteiger partial charge in [-0.25, -0.2) is 9.78 Å². The molecule has 2 atom stereocenters. The van der Waals surface area contributed by atoms with Gasteiger partial charge in [-0.3, -0.25) is 0 Å². The van der Waals surface area contributed by atoms with E-state index in [1.165, 1.54) is 6.20 Å². The van der Waals surface area contributed by atoms with Crippen molar-refractivity contribution in [1.29, 1.82) is 5.26 Å². The fraction of sp³-hybridized carbons (Fsp3) is 0.462. The van der Waals surface area contributed by atoms with Crippen molar-refractivity contribution in [3.05, 3.63) is 23.5 Å². The molecule has 3 heterocycles. The summed E-state index contributed by atoms with van der Waals surface area (Å²) in [6, 6.07) is 3.60. The van der Waals surface area contributed by atoms with Gasteiger partial charge < -0.3 is 14.7 Å². The first-order chi connectivity index (χ1) is 9.17. The number of carbonyl (C=O) groups is 1. The van der Waals surface area contributed by atoms with Gasteiger partial charge in [0.15, 0.2) is 5.69 Å². The first-order valence-electron chi connectivity index (χ1n) is 6.21. The quantitative estimate of drug-likeness (QED) is 0.853. The average Bonchev–Trinajstić information content (AvgIpc) is 2.76. The Hall–Kier alpha value is -2.13. The first kappa shape index (κ1) is 11.9. The molecule has 2 fully saturated rings. The molecule has 3 rings (SSSR count). The number of aromatic nitrogens is 1. The summed E-state index contributed by atoms with van der Waals surface area (Å²) in [6.07, 6.45) is 3.63. The highest BCUT2D eigenvalue weighted by Crippen LogP contribution is 2.31. The van der Waals surface area contributed by atoms with Crippen LogP contribution in [0.3, 0.4) is 0 Å². The molecule has 2 aliphatic heterocycles. The zero-order valence-electron chi connectivity index (χ0n) is 10.2. The van der Waals surface area contributed by atoms with Gasteiger partial charge in [-0.1, -0.05) is 0 Å². The Kier molecular flexibility index (Phi) is 2.84. The lowest BCUT2D eigenvalue weighted by Gasteiger charge is -2.34. The van der Waals surface area contributed by atoms with Gasteiger partial charge in [0.1, 0.15) is 6.07 Å². The van der Waals surface area contributed by atoms with Crippen LogP contribution in [0.4, 0.5) is 5.69 Å². The van der Waals surface area contributed by atoms with E-state index in [1.54, 1.807) is 6.07 Å². The minimum atomic E-state index is -1.07. The summed E-state index contributed by atoms with van der Waals surface area (Å²) in [7, 11) is 0. The number of carboxylic acid groups (broad SMARTS) is 1. The Labute approximate surface area is 110 Å². The molecule has 0 radical (unpaired) electrons. The molecular weight excluding hydrogens is 246 g/mol. The van der Waals surface area contributed by atoms with Gasteiger partial charge in [0.05, 0.1) is 23.5 Å². The minimum Gasteiger partial charge on any atom is -0.476 e. The number of anilines is 1. The molecule has 0 saturated carbocycles. The number of nitrogens with zero attached hydrogens (tertiary/aromatic N) is 3. The lowest BCUT2D eigenvalue weighted by atomic mass is 10.2. The summed E-state index contributed by atoms with van der Waals surface area (Å²) in [6.45, 7) is 1.32. The largest absolute Gasteiger partial charge is 0.476 e. The molecule has 0 amide bonds. The Morgan fingerprint density at radius 2 is 2.16 bits per heavy atom. The van der Waals surface area contributed by atoms with Crippen LogP contribution in [0.15, 0.2) is 12.3 Å². The average molecular weight is 259 g/mol. The predicted molar refractivity (Wildman–Crippen MR) is 66.0 cm³/mol. The van der Waals surface area contributed by atoms with Crippen molar-refractivity contribution < 1.29 is 14.6 Å². The Morgan fingerprint density at radius 3 is 2.74 bits per heavy atom. The molecule has 0 spiro atoms. The molecule has 1 aromatic rings. The Morgan fingerprint density at radius 1 is 1.47 bits per heavy atom. The van der Waals surface area contributed by atoms with Crippen LogP contribution in [0.5, 0.6) is 0 Å². The third-order valence-corrected chi connectivity index (χ3v) is 3.58. The molecule has 0 aromatic carbocycles. The number of rotatable bonds is 2. The van der Waals surface area contributed by atoms with E-state index in [4.69, 9.17) is 10.00 Å². The standard InChI is InChI=1S/C13H13N3O3/c14-4-8-3-11(12(13(17)18)15-5-8)16-6-9-1-2-10(7-16)19-9/h3,5,9-10H,1-2,6-7H2,(H,17,18). The van der Waals surface area contributed by atoms with Crippen LogP contribution in [-0.2, 0) is 4.74 Å². The molecule has 2 bridgehead atoms. The maximum atomic E-state index is 11.2. The molecule has 2 saturated heterocycles. The molecule has 6 heteroatoms. The lowest BCUT2D eigenvalue weighted by Crippen LogP contribution is -2.43. The van der Waals surface area contributed by atoms with Crippen molar-refractivity contribution in [3.8, 4) is 6.07 Å². The summed E-state index contributed by atoms with van der Waals surface area (Å²) in [5, 5.41) is 18.1. The van der Waals surface area contributed by atoms with Crippen molar-refractivity contribution in [1.82, 2.24) is 4.98 Å². The number of ether oxygens (including phenoxy) is 1. The van der Waals surface area contributed by atoms with Gasteiger partial charge in [-0.2, -0.15) is 5.26 Å². The topological polar surface area (TPSA) is 86.5 Å². The van der Waals surface area contributed by atoms with Gasteiger partial charge in [-0.15, -0.1) is 0 Å². The number of pyridine rings is 1. The molecule has 2 unspecified atom stereocenters. The van der Waals surface area contributed by atoms with E-state index in [-0.39, 0.29) is 17.9 Å². The summed E-state index contributed by atoms with van der Waals surface area (Å²) in [5.74, 6) is -1.07. The molecule has 19 heavy (non-hydrogen) atoms. The maximum Gasteiger partial charge on any atom is 0.356 e. The fourth-order valence-corrected chi connectivity index (χ4v) is 2.73. The maximum absolute atomic E-state index is 11.2. The highest BCUT2D eigenvalue weighted by Gasteiger charge is 2.35. The van der Waals surface area contributed by atoms with Crippen molar-refractivity contribution in [3.63, 3.8) is 0 Å². The smallest absolute Gasteiger partial charge is 0.356 e. The van der Waals surface area contributed by atoms with E-state index in [0.29, 0.717) is 24.3 Å². The van der Waals surface area contributed by atoms with Crippen LogP contribution in [0.1, 0.15) is 28.9 Å².